The first-order valence-corrected chi connectivity index (χ1v) is 25.1. The Kier molecular flexibility index (Phi) is 35.9. The van der Waals surface area contributed by atoms with E-state index in [0.717, 1.165) is 65.0 Å². The van der Waals surface area contributed by atoms with Gasteiger partial charge >= 0.3 is 18.3 Å². The molecule has 4 rings (SSSR count). The van der Waals surface area contributed by atoms with Gasteiger partial charge in [0.15, 0.2) is 0 Å². The number of ether oxygens (including phenoxy) is 3. The summed E-state index contributed by atoms with van der Waals surface area (Å²) < 4.78 is 17.1. The van der Waals surface area contributed by atoms with Gasteiger partial charge in [-0.1, -0.05) is 62.6 Å². The molecule has 386 valence electrons. The molecule has 3 saturated heterocycles. The molecule has 0 bridgehead atoms. The topological polar surface area (TPSA) is 187 Å². The molecule has 1 saturated carbocycles. The van der Waals surface area contributed by atoms with Gasteiger partial charge in [-0.05, 0) is 105 Å². The van der Waals surface area contributed by atoms with Gasteiger partial charge in [-0.25, -0.2) is 20.3 Å². The third kappa shape index (κ3) is 33.1. The number of piperidine rings is 3. The van der Waals surface area contributed by atoms with Gasteiger partial charge in [0.1, 0.15) is 22.6 Å². The maximum absolute atomic E-state index is 11.9. The summed E-state index contributed by atoms with van der Waals surface area (Å²) in [6.07, 6.45) is 10.6. The van der Waals surface area contributed by atoms with Crippen molar-refractivity contribution in [3.05, 3.63) is 0 Å². The lowest BCUT2D eigenvalue weighted by Crippen LogP contribution is -2.47. The fraction of sp³-hybridized carbons (Fsp3) is 0.913. The SMILES string of the molecule is CC(C)(C)OC(=O)N1CCC(=O)CC1.CCI.CCN(OC)C1CCCCC1.CCN(OC)C1CCN(C(=O)OC(C)(C)C)CC1.CON.CONC1CCN(C(=O)OC(C)(C)C)CC1. The summed E-state index contributed by atoms with van der Waals surface area (Å²) >= 11 is 2.29. The van der Waals surface area contributed by atoms with Gasteiger partial charge in [-0.3, -0.25) is 4.79 Å². The number of amides is 3. The summed E-state index contributed by atoms with van der Waals surface area (Å²) in [5, 5.41) is 4.09. The number of likely N-dealkylation sites (tertiary alicyclic amines) is 3. The summed E-state index contributed by atoms with van der Waals surface area (Å²) in [6, 6.07) is 1.43. The molecule has 3 aliphatic heterocycles. The minimum absolute atomic E-state index is 0.207. The number of nitrogens with two attached hydrogens (primary N) is 1. The highest BCUT2D eigenvalue weighted by atomic mass is 127. The van der Waals surface area contributed by atoms with E-state index in [2.05, 4.69) is 64.6 Å². The average molecular weight is 1050 g/mol. The number of halogens is 1. The molecule has 0 aromatic carbocycles. The van der Waals surface area contributed by atoms with Gasteiger partial charge in [0.25, 0.3) is 0 Å². The van der Waals surface area contributed by atoms with Crippen molar-refractivity contribution in [3.8, 4) is 0 Å². The maximum atomic E-state index is 11.9. The second-order valence-electron chi connectivity index (χ2n) is 18.9. The van der Waals surface area contributed by atoms with Crippen LogP contribution in [0, 0.1) is 0 Å². The standard InChI is InChI=1S/C13H26N2O3.C11H22N2O3.C10H17NO3.C9H19NO.C2H5I.CH5NO/c1-6-15(17-5)11-7-9-14(10-8-11)12(16)18-13(2,3)4;1-11(2,3)16-10(14)13-7-5-9(6-8-13)12-15-4;1-10(2,3)14-9(13)11-6-4-8(12)5-7-11;1-3-10(11-2)9-7-5-4-6-8-9;1-2-3;1-3-2/h11H,6-10H2,1-5H3;9,12H,5-8H2,1-4H3;4-7H2,1-3H3;9H,3-8H2,1-2H3;2*2H2,1H3. The monoisotopic (exact) mass is 1050 g/mol. The first kappa shape index (κ1) is 65.0. The van der Waals surface area contributed by atoms with Crippen molar-refractivity contribution < 1.29 is 52.7 Å². The Balaban J connectivity index is 0. The predicted molar refractivity (Wildman–Crippen MR) is 265 cm³/mol. The Labute approximate surface area is 407 Å². The number of nitrogens with one attached hydrogen (secondary N) is 1. The maximum Gasteiger partial charge on any atom is 0.410 e. The molecule has 3 N–H and O–H groups in total. The molecular formula is C46H94IN7O11. The molecule has 3 heterocycles. The molecule has 1 aliphatic carbocycles. The quantitative estimate of drug-likeness (QED) is 0.102. The number of hydroxylamine groups is 5. The molecule has 0 unspecified atom stereocenters. The molecule has 65 heavy (non-hydrogen) atoms. The molecule has 0 aromatic rings. The van der Waals surface area contributed by atoms with Crippen LogP contribution >= 0.6 is 22.6 Å². The highest BCUT2D eigenvalue weighted by Gasteiger charge is 2.30. The lowest BCUT2D eigenvalue weighted by Gasteiger charge is -2.37. The van der Waals surface area contributed by atoms with E-state index in [1.165, 1.54) is 43.6 Å². The first-order valence-electron chi connectivity index (χ1n) is 23.5. The number of nitrogens with zero attached hydrogens (tertiary/aromatic N) is 5. The summed E-state index contributed by atoms with van der Waals surface area (Å²) in [5.41, 5.74) is 1.61. The third-order valence-corrected chi connectivity index (χ3v) is 10.0. The Morgan fingerprint density at radius 2 is 0.908 bits per heavy atom. The van der Waals surface area contributed by atoms with Crippen LogP contribution in [0.2, 0.25) is 0 Å². The molecule has 4 fully saturated rings. The number of alkyl halides is 1. The third-order valence-electron chi connectivity index (χ3n) is 10.0. The summed E-state index contributed by atoms with van der Waals surface area (Å²) in [4.78, 5) is 70.4. The van der Waals surface area contributed by atoms with Crippen LogP contribution in [0.3, 0.4) is 0 Å². The molecular weight excluding hydrogens is 953 g/mol. The average Bonchev–Trinajstić information content (AvgIpc) is 3.22. The van der Waals surface area contributed by atoms with Crippen LogP contribution in [0.25, 0.3) is 0 Å². The van der Waals surface area contributed by atoms with Gasteiger partial charge in [-0.2, -0.15) is 15.6 Å². The number of ketones is 1. The van der Waals surface area contributed by atoms with Crippen LogP contribution in [0.4, 0.5) is 14.4 Å². The van der Waals surface area contributed by atoms with E-state index in [1.807, 2.05) is 67.4 Å². The number of carbonyl (C=O) groups is 4. The number of hydrogen-bond acceptors (Lipinski definition) is 15. The van der Waals surface area contributed by atoms with E-state index < -0.39 is 16.8 Å². The van der Waals surface area contributed by atoms with Crippen molar-refractivity contribution in [3.63, 3.8) is 0 Å². The molecule has 19 heteroatoms. The molecule has 0 spiro atoms. The van der Waals surface area contributed by atoms with E-state index >= 15 is 0 Å². The largest absolute Gasteiger partial charge is 0.444 e. The Morgan fingerprint density at radius 3 is 1.20 bits per heavy atom. The minimum atomic E-state index is -0.460. The highest BCUT2D eigenvalue weighted by Crippen LogP contribution is 2.23. The molecule has 0 radical (unpaired) electrons. The van der Waals surface area contributed by atoms with Crippen molar-refractivity contribution >= 4 is 46.7 Å². The Hall–Kier alpha value is -2.11. The number of carbonyl (C=O) groups excluding carboxylic acids is 4. The first-order chi connectivity index (χ1) is 30.4. The normalized spacial score (nSPS) is 17.7. The second-order valence-corrected chi connectivity index (χ2v) is 20.4. The second kappa shape index (κ2) is 36.0. The van der Waals surface area contributed by atoms with Crippen LogP contribution in [-0.2, 0) is 38.4 Å². The molecule has 0 aromatic heterocycles. The van der Waals surface area contributed by atoms with Crippen LogP contribution in [0.15, 0.2) is 0 Å². The summed E-state index contributed by atoms with van der Waals surface area (Å²) in [7, 11) is 6.49. The molecule has 0 atom stereocenters. The smallest absolute Gasteiger partial charge is 0.410 e. The van der Waals surface area contributed by atoms with Crippen LogP contribution in [0.5, 0.6) is 0 Å². The lowest BCUT2D eigenvalue weighted by molar-refractivity contribution is -0.167. The van der Waals surface area contributed by atoms with Crippen molar-refractivity contribution in [2.45, 2.75) is 189 Å². The number of rotatable bonds is 8. The van der Waals surface area contributed by atoms with Gasteiger partial charge in [0.2, 0.25) is 0 Å². The Bertz CT molecular complexity index is 1230. The van der Waals surface area contributed by atoms with Crippen LogP contribution in [0.1, 0.15) is 154 Å². The zero-order chi connectivity index (χ0) is 50.2. The zero-order valence-electron chi connectivity index (χ0n) is 43.6. The van der Waals surface area contributed by atoms with E-state index in [1.54, 1.807) is 36.0 Å². The highest BCUT2D eigenvalue weighted by molar-refractivity contribution is 14.1. The van der Waals surface area contributed by atoms with Gasteiger partial charge in [0, 0.05) is 83.3 Å². The lowest BCUT2D eigenvalue weighted by atomic mass is 9.95. The van der Waals surface area contributed by atoms with E-state index in [9.17, 15) is 19.2 Å². The van der Waals surface area contributed by atoms with Crippen molar-refractivity contribution in [1.29, 1.82) is 0 Å². The van der Waals surface area contributed by atoms with Crippen molar-refractivity contribution in [2.24, 2.45) is 5.90 Å². The fourth-order valence-electron chi connectivity index (χ4n) is 7.04. The molecule has 18 nitrogen and oxygen atoms in total. The predicted octanol–water partition coefficient (Wildman–Crippen LogP) is 8.54. The van der Waals surface area contributed by atoms with E-state index in [0.29, 0.717) is 44.1 Å². The van der Waals surface area contributed by atoms with Crippen LogP contribution < -0.4 is 11.4 Å². The van der Waals surface area contributed by atoms with Gasteiger partial charge in [-0.15, -0.1) is 0 Å². The van der Waals surface area contributed by atoms with Gasteiger partial charge in [0.05, 0.1) is 28.4 Å². The number of hydrogen-bond donors (Lipinski definition) is 2. The Morgan fingerprint density at radius 1 is 0.600 bits per heavy atom. The zero-order valence-corrected chi connectivity index (χ0v) is 45.7. The molecule has 3 amide bonds. The molecule has 4 aliphatic rings. The number of Topliss-reactive ketones (excluding diaryl/α,β-unsaturated/α-hetero) is 1. The summed E-state index contributed by atoms with van der Waals surface area (Å²) in [5.74, 6) is 4.57. The van der Waals surface area contributed by atoms with Crippen molar-refractivity contribution in [2.75, 3.05) is 85.2 Å². The van der Waals surface area contributed by atoms with E-state index in [-0.39, 0.29) is 24.1 Å². The minimum Gasteiger partial charge on any atom is -0.444 e. The van der Waals surface area contributed by atoms with Crippen molar-refractivity contribution in [1.82, 2.24) is 30.3 Å². The van der Waals surface area contributed by atoms with Crippen LogP contribution in [-0.4, -0.2) is 169 Å². The van der Waals surface area contributed by atoms with E-state index in [4.69, 9.17) is 28.7 Å². The fourth-order valence-corrected chi connectivity index (χ4v) is 7.04. The summed E-state index contributed by atoms with van der Waals surface area (Å²) in [6.45, 7) is 28.9. The van der Waals surface area contributed by atoms with Gasteiger partial charge < -0.3 is 48.3 Å².